The highest BCUT2D eigenvalue weighted by Gasteiger charge is 2.16. The maximum atomic E-state index is 12.1. The van der Waals surface area contributed by atoms with Gasteiger partial charge in [0, 0.05) is 18.6 Å². The maximum Gasteiger partial charge on any atom is 0.331 e. The minimum absolute atomic E-state index is 0.171. The molecule has 0 aromatic carbocycles. The minimum Gasteiger partial charge on any atom is -0.630 e. The Labute approximate surface area is 125 Å². The van der Waals surface area contributed by atoms with Crippen molar-refractivity contribution in [2.24, 2.45) is 0 Å². The number of carboxylic acids is 1. The molecule has 0 heterocycles. The summed E-state index contributed by atoms with van der Waals surface area (Å²) in [4.78, 5) is 33.6. The van der Waals surface area contributed by atoms with E-state index in [4.69, 9.17) is 14.9 Å². The van der Waals surface area contributed by atoms with Crippen molar-refractivity contribution in [3.05, 3.63) is 12.2 Å². The number of carbonyl (C=O) groups excluding carboxylic acids is 1. The van der Waals surface area contributed by atoms with Crippen molar-refractivity contribution >= 4 is 25.0 Å². The molecule has 0 rings (SSSR count). The molecule has 8 heteroatoms. The summed E-state index contributed by atoms with van der Waals surface area (Å²) in [7, 11) is 4.24. The molecule has 0 amide bonds. The molecule has 0 saturated carbocycles. The molecule has 0 fully saturated rings. The molecule has 0 aromatic rings. The van der Waals surface area contributed by atoms with Crippen LogP contribution in [0.1, 0.15) is 6.42 Å². The van der Waals surface area contributed by atoms with Crippen molar-refractivity contribution in [1.82, 2.24) is 0 Å². The Hall–Kier alpha value is -1.27. The lowest BCUT2D eigenvalue weighted by molar-refractivity contribution is -0.867. The van der Waals surface area contributed by atoms with Crippen LogP contribution in [0, 0.1) is 0 Å². The summed E-state index contributed by atoms with van der Waals surface area (Å²) in [5.74, 6) is -2.07. The van der Waals surface area contributed by atoms with Crippen molar-refractivity contribution in [2.45, 2.75) is 6.42 Å². The van der Waals surface area contributed by atoms with Gasteiger partial charge in [-0.15, -0.1) is 0 Å². The number of nitrogens with zero attached hydrogens (tertiary/aromatic N) is 1. The first-order chi connectivity index (χ1) is 9.65. The third-order valence-electron chi connectivity index (χ3n) is 2.47. The van der Waals surface area contributed by atoms with E-state index in [0.29, 0.717) is 28.6 Å². The first kappa shape index (κ1) is 19.7. The number of hydrogen-bond donors (Lipinski definition) is 2. The largest absolute Gasteiger partial charge is 0.630 e. The highest BCUT2D eigenvalue weighted by molar-refractivity contribution is 7.51. The van der Waals surface area contributed by atoms with Gasteiger partial charge in [0.25, 0.3) is 0 Å². The average Bonchev–Trinajstić information content (AvgIpc) is 2.37. The second-order valence-electron chi connectivity index (χ2n) is 5.44. The Morgan fingerprint density at radius 1 is 1.29 bits per heavy atom. The van der Waals surface area contributed by atoms with Crippen LogP contribution in [0.2, 0.25) is 0 Å². The van der Waals surface area contributed by atoms with Gasteiger partial charge in [0.2, 0.25) is 0 Å². The lowest BCUT2D eigenvalue weighted by atomic mass is 10.3. The Morgan fingerprint density at radius 3 is 2.38 bits per heavy atom. The fourth-order valence-electron chi connectivity index (χ4n) is 1.29. The third kappa shape index (κ3) is 11.1. The average molecular weight is 320 g/mol. The summed E-state index contributed by atoms with van der Waals surface area (Å²) in [5.41, 5.74) is 0. The van der Waals surface area contributed by atoms with Crippen LogP contribution in [-0.4, -0.2) is 79.0 Å². The summed E-state index contributed by atoms with van der Waals surface area (Å²) in [6, 6.07) is 0. The zero-order chi connectivity index (χ0) is 16.5. The molecular weight excluding hydrogens is 297 g/mol. The summed E-state index contributed by atoms with van der Waals surface area (Å²) < 4.78 is 5.50. The summed E-state index contributed by atoms with van der Waals surface area (Å²) >= 11 is 0. The van der Waals surface area contributed by atoms with Gasteiger partial charge in [0.1, 0.15) is 11.8 Å². The summed E-state index contributed by atoms with van der Waals surface area (Å²) in [6.07, 6.45) is 2.10. The number of esters is 1. The van der Waals surface area contributed by atoms with Gasteiger partial charge >= 0.3 is 11.9 Å². The van der Waals surface area contributed by atoms with Crippen molar-refractivity contribution in [2.75, 3.05) is 47.1 Å². The maximum absolute atomic E-state index is 12.1. The van der Waals surface area contributed by atoms with Crippen LogP contribution >= 0.6 is 7.77 Å². The fraction of sp³-hybridized carbons (Fsp3) is 0.615. The van der Waals surface area contributed by atoms with E-state index in [1.54, 1.807) is 0 Å². The molecule has 0 aliphatic carbocycles. The minimum atomic E-state index is -1.69. The molecule has 0 saturated heterocycles. The quantitative estimate of drug-likeness (QED) is 0.249. The van der Waals surface area contributed by atoms with Gasteiger partial charge in [-0.1, -0.05) is 0 Å². The van der Waals surface area contributed by atoms with Crippen molar-refractivity contribution < 1.29 is 33.9 Å². The van der Waals surface area contributed by atoms with Crippen molar-refractivity contribution in [3.8, 4) is 0 Å². The van der Waals surface area contributed by atoms with Gasteiger partial charge in [-0.25, -0.2) is 9.59 Å². The number of ether oxygens (including phenoxy) is 1. The lowest BCUT2D eigenvalue weighted by Gasteiger charge is -2.22. The molecule has 7 nitrogen and oxygen atoms in total. The number of aliphatic carboxylic acids is 1. The second kappa shape index (κ2) is 9.63. The molecule has 120 valence electrons. The lowest BCUT2D eigenvalue weighted by Crippen LogP contribution is -2.37. The standard InChI is InChI=1S/C13H22NO6P/c1-14(2,3)7-9-21(19)11(6-8-15)10-20-13(18)5-4-12(16)17/h4-5,15H,6-10H2,1-3H3/p+1. The van der Waals surface area contributed by atoms with Gasteiger partial charge < -0.3 is 24.3 Å². The molecule has 21 heavy (non-hydrogen) atoms. The van der Waals surface area contributed by atoms with Crippen LogP contribution in [0.25, 0.3) is 0 Å². The van der Waals surface area contributed by atoms with Gasteiger partial charge in [-0.05, 0) is 0 Å². The predicted octanol–water partition coefficient (Wildman–Crippen LogP) is -0.811. The van der Waals surface area contributed by atoms with E-state index in [9.17, 15) is 14.5 Å². The Balaban J connectivity index is 4.60. The number of aliphatic hydroxyl groups is 1. The van der Waals surface area contributed by atoms with E-state index < -0.39 is 19.7 Å². The van der Waals surface area contributed by atoms with E-state index >= 15 is 0 Å². The predicted molar refractivity (Wildman–Crippen MR) is 79.1 cm³/mol. The molecule has 0 spiro atoms. The zero-order valence-electron chi connectivity index (χ0n) is 12.6. The molecular formula is C13H23NO6P+. The fourth-order valence-corrected chi connectivity index (χ4v) is 2.94. The topological polar surface area (TPSA) is 107 Å². The van der Waals surface area contributed by atoms with Crippen molar-refractivity contribution in [1.29, 1.82) is 0 Å². The zero-order valence-corrected chi connectivity index (χ0v) is 13.5. The smallest absolute Gasteiger partial charge is 0.331 e. The first-order valence-electron chi connectivity index (χ1n) is 6.44. The Morgan fingerprint density at radius 2 is 1.90 bits per heavy atom. The molecule has 0 radical (unpaired) electrons. The number of rotatable bonds is 9. The number of carboxylic acid groups (broad SMARTS) is 1. The number of quaternary nitrogens is 1. The van der Waals surface area contributed by atoms with E-state index in [1.807, 2.05) is 21.1 Å². The number of hydrogen-bond acceptors (Lipinski definition) is 5. The second-order valence-corrected chi connectivity index (χ2v) is 7.27. The van der Waals surface area contributed by atoms with E-state index in [1.165, 1.54) is 0 Å². The highest BCUT2D eigenvalue weighted by atomic mass is 31.1. The monoisotopic (exact) mass is 320 g/mol. The van der Waals surface area contributed by atoms with Gasteiger partial charge in [0.15, 0.2) is 12.8 Å². The van der Waals surface area contributed by atoms with Crippen LogP contribution in [0.15, 0.2) is 12.2 Å². The van der Waals surface area contributed by atoms with Crippen molar-refractivity contribution in [3.63, 3.8) is 0 Å². The molecule has 0 aromatic heterocycles. The normalized spacial score (nSPS) is 13.2. The van der Waals surface area contributed by atoms with Gasteiger partial charge in [0.05, 0.1) is 35.5 Å². The molecule has 1 atom stereocenters. The van der Waals surface area contributed by atoms with Crippen LogP contribution in [0.4, 0.5) is 0 Å². The van der Waals surface area contributed by atoms with Crippen LogP contribution in [-0.2, 0) is 14.3 Å². The van der Waals surface area contributed by atoms with Crippen LogP contribution in [0.3, 0.4) is 0 Å². The molecule has 0 aliphatic heterocycles. The first-order valence-corrected chi connectivity index (χ1v) is 7.88. The van der Waals surface area contributed by atoms with Gasteiger partial charge in [-0.3, -0.25) is 0 Å². The summed E-state index contributed by atoms with van der Waals surface area (Å²) in [6.45, 7) is 0.343. The molecule has 0 bridgehead atoms. The highest BCUT2D eigenvalue weighted by Crippen LogP contribution is 2.17. The van der Waals surface area contributed by atoms with E-state index in [2.05, 4.69) is 0 Å². The Kier molecular flexibility index (Phi) is 9.05. The SMILES string of the molecule is C[N+](C)(C)CC[P+]([O-])=C(CCO)COC(=O)C=CC(=O)O. The molecule has 1 unspecified atom stereocenters. The van der Waals surface area contributed by atoms with Crippen LogP contribution < -0.4 is 4.89 Å². The van der Waals surface area contributed by atoms with Gasteiger partial charge in [-0.2, -0.15) is 0 Å². The van der Waals surface area contributed by atoms with E-state index in [-0.39, 0.29) is 19.6 Å². The number of carbonyl (C=O) groups is 2. The molecule has 2 N–H and O–H groups in total. The number of aliphatic hydroxyl groups excluding tert-OH is 1. The third-order valence-corrected chi connectivity index (χ3v) is 4.13. The van der Waals surface area contributed by atoms with Crippen LogP contribution in [0.5, 0.6) is 0 Å². The molecule has 0 aliphatic rings. The van der Waals surface area contributed by atoms with E-state index in [0.717, 1.165) is 6.08 Å². The Bertz CT molecular complexity index is 425. The summed E-state index contributed by atoms with van der Waals surface area (Å²) in [5, 5.41) is 17.8.